The molecule has 0 radical (unpaired) electrons. The summed E-state index contributed by atoms with van der Waals surface area (Å²) in [5, 5.41) is 13.4. The quantitative estimate of drug-likeness (QED) is 0.627. The third-order valence-corrected chi connectivity index (χ3v) is 3.70. The second-order valence-corrected chi connectivity index (χ2v) is 5.52. The fraction of sp³-hybridized carbons (Fsp3) is 0.385. The third-order valence-electron chi connectivity index (χ3n) is 2.47. The van der Waals surface area contributed by atoms with Crippen LogP contribution in [0, 0.1) is 0 Å². The maximum absolute atomic E-state index is 8.70. The smallest absolute Gasteiger partial charge is 0.226 e. The van der Waals surface area contributed by atoms with Crippen LogP contribution in [-0.4, -0.2) is 21.9 Å². The van der Waals surface area contributed by atoms with Crippen LogP contribution in [0.3, 0.4) is 0 Å². The Balaban J connectivity index is 1.83. The SMILES string of the molecule is OCCCCc1nc(CSc2cccc(Cl)c2)no1. The van der Waals surface area contributed by atoms with Gasteiger partial charge >= 0.3 is 0 Å². The number of unbranched alkanes of at least 4 members (excludes halogenated alkanes) is 1. The minimum atomic E-state index is 0.200. The van der Waals surface area contributed by atoms with Gasteiger partial charge in [-0.2, -0.15) is 4.98 Å². The van der Waals surface area contributed by atoms with Gasteiger partial charge in [-0.1, -0.05) is 22.8 Å². The number of benzene rings is 1. The zero-order valence-electron chi connectivity index (χ0n) is 10.4. The van der Waals surface area contributed by atoms with Crippen LogP contribution in [0.15, 0.2) is 33.7 Å². The molecule has 0 fully saturated rings. The summed E-state index contributed by atoms with van der Waals surface area (Å²) in [7, 11) is 0. The number of aliphatic hydroxyl groups is 1. The summed E-state index contributed by atoms with van der Waals surface area (Å²) in [5.74, 6) is 1.98. The largest absolute Gasteiger partial charge is 0.396 e. The van der Waals surface area contributed by atoms with E-state index in [-0.39, 0.29) is 6.61 Å². The molecule has 0 aliphatic carbocycles. The molecule has 0 saturated carbocycles. The molecule has 0 aliphatic heterocycles. The fourth-order valence-corrected chi connectivity index (χ4v) is 2.60. The van der Waals surface area contributed by atoms with Crippen molar-refractivity contribution in [3.8, 4) is 0 Å². The minimum Gasteiger partial charge on any atom is -0.396 e. The molecule has 1 N–H and O–H groups in total. The number of thioether (sulfide) groups is 1. The monoisotopic (exact) mass is 298 g/mol. The Bertz CT molecular complexity index is 519. The van der Waals surface area contributed by atoms with Gasteiger partial charge in [-0.15, -0.1) is 11.8 Å². The highest BCUT2D eigenvalue weighted by molar-refractivity contribution is 7.98. The highest BCUT2D eigenvalue weighted by Gasteiger charge is 2.06. The Hall–Kier alpha value is -1.04. The van der Waals surface area contributed by atoms with E-state index in [2.05, 4.69) is 10.1 Å². The Kier molecular flexibility index (Phi) is 5.69. The highest BCUT2D eigenvalue weighted by atomic mass is 35.5. The van der Waals surface area contributed by atoms with E-state index in [0.29, 0.717) is 17.5 Å². The summed E-state index contributed by atoms with van der Waals surface area (Å²) in [6.45, 7) is 0.200. The van der Waals surface area contributed by atoms with E-state index in [9.17, 15) is 0 Å². The van der Waals surface area contributed by atoms with Crippen LogP contribution >= 0.6 is 23.4 Å². The zero-order valence-corrected chi connectivity index (χ0v) is 12.0. The Morgan fingerprint density at radius 2 is 2.21 bits per heavy atom. The van der Waals surface area contributed by atoms with Gasteiger partial charge in [0.05, 0.1) is 5.75 Å². The molecule has 6 heteroatoms. The van der Waals surface area contributed by atoms with Gasteiger partial charge < -0.3 is 9.63 Å². The Labute approximate surface area is 121 Å². The molecular formula is C13H15ClN2O2S. The predicted octanol–water partition coefficient (Wildman–Crippen LogP) is 3.33. The molecule has 1 heterocycles. The molecule has 4 nitrogen and oxygen atoms in total. The molecule has 19 heavy (non-hydrogen) atoms. The lowest BCUT2D eigenvalue weighted by molar-refractivity contribution is 0.280. The van der Waals surface area contributed by atoms with Gasteiger partial charge in [-0.3, -0.25) is 0 Å². The van der Waals surface area contributed by atoms with Crippen molar-refractivity contribution in [2.45, 2.75) is 29.9 Å². The van der Waals surface area contributed by atoms with Gasteiger partial charge in [0.2, 0.25) is 5.89 Å². The van der Waals surface area contributed by atoms with Crippen LogP contribution in [0.5, 0.6) is 0 Å². The van der Waals surface area contributed by atoms with E-state index < -0.39 is 0 Å². The maximum atomic E-state index is 8.70. The molecule has 0 unspecified atom stereocenters. The van der Waals surface area contributed by atoms with Crippen molar-refractivity contribution in [1.29, 1.82) is 0 Å². The molecule has 0 bridgehead atoms. The zero-order chi connectivity index (χ0) is 13.5. The average molecular weight is 299 g/mol. The molecular weight excluding hydrogens is 284 g/mol. The first-order valence-corrected chi connectivity index (χ1v) is 7.45. The Morgan fingerprint density at radius 1 is 1.32 bits per heavy atom. The predicted molar refractivity (Wildman–Crippen MR) is 75.3 cm³/mol. The maximum Gasteiger partial charge on any atom is 0.226 e. The lowest BCUT2D eigenvalue weighted by Gasteiger charge is -1.98. The minimum absolute atomic E-state index is 0.200. The molecule has 0 amide bonds. The van der Waals surface area contributed by atoms with Crippen molar-refractivity contribution in [2.75, 3.05) is 6.61 Å². The van der Waals surface area contributed by atoms with Gasteiger partial charge in [0.1, 0.15) is 0 Å². The van der Waals surface area contributed by atoms with Crippen LogP contribution in [0.2, 0.25) is 5.02 Å². The molecule has 2 rings (SSSR count). The topological polar surface area (TPSA) is 59.2 Å². The molecule has 2 aromatic rings. The summed E-state index contributed by atoms with van der Waals surface area (Å²) in [4.78, 5) is 5.39. The summed E-state index contributed by atoms with van der Waals surface area (Å²) in [5.41, 5.74) is 0. The lowest BCUT2D eigenvalue weighted by atomic mass is 10.2. The van der Waals surface area contributed by atoms with E-state index in [1.165, 1.54) is 0 Å². The summed E-state index contributed by atoms with van der Waals surface area (Å²) >= 11 is 7.54. The first-order chi connectivity index (χ1) is 9.28. The molecule has 0 spiro atoms. The van der Waals surface area contributed by atoms with E-state index in [0.717, 1.165) is 29.2 Å². The van der Waals surface area contributed by atoms with Crippen LogP contribution in [0.25, 0.3) is 0 Å². The normalized spacial score (nSPS) is 10.8. The second-order valence-electron chi connectivity index (χ2n) is 4.03. The Morgan fingerprint density at radius 3 is 3.00 bits per heavy atom. The first-order valence-electron chi connectivity index (χ1n) is 6.08. The standard InChI is InChI=1S/C13H15ClN2O2S/c14-10-4-3-5-11(8-10)19-9-12-15-13(18-16-12)6-1-2-7-17/h3-5,8,17H,1-2,6-7,9H2. The van der Waals surface area contributed by atoms with Crippen molar-refractivity contribution in [3.05, 3.63) is 41.0 Å². The number of aliphatic hydroxyl groups excluding tert-OH is 1. The molecule has 1 aromatic carbocycles. The van der Waals surface area contributed by atoms with Gasteiger partial charge in [0.25, 0.3) is 0 Å². The van der Waals surface area contributed by atoms with Crippen molar-refractivity contribution < 1.29 is 9.63 Å². The molecule has 0 aliphatic rings. The van der Waals surface area contributed by atoms with Gasteiger partial charge in [-0.25, -0.2) is 0 Å². The lowest BCUT2D eigenvalue weighted by Crippen LogP contribution is -1.89. The summed E-state index contributed by atoms with van der Waals surface area (Å²) < 4.78 is 5.14. The molecule has 1 aromatic heterocycles. The van der Waals surface area contributed by atoms with E-state index in [1.807, 2.05) is 24.3 Å². The summed E-state index contributed by atoms with van der Waals surface area (Å²) in [6, 6.07) is 7.67. The second kappa shape index (κ2) is 7.53. The first kappa shape index (κ1) is 14.4. The highest BCUT2D eigenvalue weighted by Crippen LogP contribution is 2.24. The van der Waals surface area contributed by atoms with Crippen molar-refractivity contribution in [1.82, 2.24) is 10.1 Å². The van der Waals surface area contributed by atoms with Crippen LogP contribution in [0.1, 0.15) is 24.6 Å². The third kappa shape index (κ3) is 4.86. The number of halogens is 1. The molecule has 0 atom stereocenters. The van der Waals surface area contributed by atoms with Crippen molar-refractivity contribution >= 4 is 23.4 Å². The number of nitrogens with zero attached hydrogens (tertiary/aromatic N) is 2. The molecule has 0 saturated heterocycles. The number of hydrogen-bond donors (Lipinski definition) is 1. The van der Waals surface area contributed by atoms with Gasteiger partial charge in [-0.05, 0) is 31.0 Å². The van der Waals surface area contributed by atoms with E-state index in [1.54, 1.807) is 11.8 Å². The van der Waals surface area contributed by atoms with E-state index >= 15 is 0 Å². The van der Waals surface area contributed by atoms with Crippen molar-refractivity contribution in [2.24, 2.45) is 0 Å². The number of rotatable bonds is 7. The van der Waals surface area contributed by atoms with Crippen LogP contribution in [0.4, 0.5) is 0 Å². The average Bonchev–Trinajstić information content (AvgIpc) is 2.85. The number of aromatic nitrogens is 2. The molecule has 102 valence electrons. The van der Waals surface area contributed by atoms with Gasteiger partial charge in [0, 0.05) is 22.9 Å². The van der Waals surface area contributed by atoms with Crippen LogP contribution < -0.4 is 0 Å². The van der Waals surface area contributed by atoms with Crippen molar-refractivity contribution in [3.63, 3.8) is 0 Å². The summed E-state index contributed by atoms with van der Waals surface area (Å²) in [6.07, 6.45) is 2.34. The van der Waals surface area contributed by atoms with E-state index in [4.69, 9.17) is 21.2 Å². The number of hydrogen-bond acceptors (Lipinski definition) is 5. The van der Waals surface area contributed by atoms with Gasteiger partial charge in [0.15, 0.2) is 5.82 Å². The fourth-order valence-electron chi connectivity index (χ4n) is 1.54. The van der Waals surface area contributed by atoms with Crippen LogP contribution in [-0.2, 0) is 12.2 Å². The number of aryl methyl sites for hydroxylation is 1.